The number of aromatic amines is 1. The number of benzene rings is 1. The molecule has 164 valence electrons. The lowest BCUT2D eigenvalue weighted by molar-refractivity contribution is 0.198. The van der Waals surface area contributed by atoms with E-state index in [2.05, 4.69) is 30.2 Å². The van der Waals surface area contributed by atoms with Crippen molar-refractivity contribution in [2.75, 3.05) is 18.4 Å². The minimum atomic E-state index is -0.367. The van der Waals surface area contributed by atoms with Crippen LogP contribution in [0.5, 0.6) is 0 Å². The van der Waals surface area contributed by atoms with Crippen molar-refractivity contribution < 1.29 is 4.39 Å². The Bertz CT molecular complexity index is 1230. The van der Waals surface area contributed by atoms with Gasteiger partial charge in [0.15, 0.2) is 0 Å². The van der Waals surface area contributed by atoms with Crippen molar-refractivity contribution in [3.05, 3.63) is 70.8 Å². The van der Waals surface area contributed by atoms with Crippen molar-refractivity contribution >= 4 is 34.3 Å². The molecule has 0 amide bonds. The van der Waals surface area contributed by atoms with Gasteiger partial charge in [-0.3, -0.25) is 4.90 Å². The minimum Gasteiger partial charge on any atom is -0.341 e. The summed E-state index contributed by atoms with van der Waals surface area (Å²) in [6.45, 7) is 4.62. The van der Waals surface area contributed by atoms with Gasteiger partial charge >= 0.3 is 0 Å². The van der Waals surface area contributed by atoms with E-state index < -0.39 is 0 Å². The zero-order valence-electron chi connectivity index (χ0n) is 17.6. The number of piperidine rings is 1. The summed E-state index contributed by atoms with van der Waals surface area (Å²) in [6, 6.07) is 10.5. The van der Waals surface area contributed by atoms with Crippen LogP contribution in [0, 0.1) is 12.7 Å². The van der Waals surface area contributed by atoms with Gasteiger partial charge in [0.25, 0.3) is 0 Å². The zero-order valence-corrected chi connectivity index (χ0v) is 18.4. The Hall–Kier alpha value is -3.10. The van der Waals surface area contributed by atoms with Crippen LogP contribution in [-0.2, 0) is 6.54 Å². The summed E-state index contributed by atoms with van der Waals surface area (Å²) in [7, 11) is 0. The predicted octanol–water partition coefficient (Wildman–Crippen LogP) is 4.97. The molecule has 0 aliphatic carbocycles. The predicted molar refractivity (Wildman–Crippen MR) is 123 cm³/mol. The number of aromatic nitrogens is 5. The van der Waals surface area contributed by atoms with E-state index in [1.54, 1.807) is 6.07 Å². The van der Waals surface area contributed by atoms with Crippen molar-refractivity contribution in [1.29, 1.82) is 0 Å². The maximum absolute atomic E-state index is 13.1. The maximum Gasteiger partial charge on any atom is 0.141 e. The molecule has 3 aromatic heterocycles. The Kier molecular flexibility index (Phi) is 5.71. The average Bonchev–Trinajstić information content (AvgIpc) is 3.17. The normalized spacial score (nSPS) is 15.3. The quantitative estimate of drug-likeness (QED) is 0.445. The van der Waals surface area contributed by atoms with Crippen LogP contribution in [0.25, 0.3) is 11.0 Å². The Morgan fingerprint density at radius 1 is 1.09 bits per heavy atom. The van der Waals surface area contributed by atoms with Gasteiger partial charge in [-0.25, -0.2) is 24.3 Å². The van der Waals surface area contributed by atoms with Gasteiger partial charge in [0, 0.05) is 22.7 Å². The number of likely N-dealkylation sites (tertiary alicyclic amines) is 1. The zero-order chi connectivity index (χ0) is 22.1. The molecule has 0 unspecified atom stereocenters. The number of halogens is 2. The number of hydrogen-bond acceptors (Lipinski definition) is 6. The molecule has 7 nitrogen and oxygen atoms in total. The standard InChI is InChI=1S/C23H23ClFN7/c1-14-10-21(30-20-5-3-17(25)12-26-20)31-23(27-14)15-6-8-32(9-7-15)13-22-28-18-4-2-16(24)11-19(18)29-22/h2-5,10-12,15H,6-9,13H2,1H3,(H,28,29)(H,26,27,30,31). The SMILES string of the molecule is Cc1cc(Nc2ccc(F)cn2)nc(C2CCN(Cc3nc4ccc(Cl)cc4[nH]3)CC2)n1. The smallest absolute Gasteiger partial charge is 0.141 e. The number of pyridine rings is 1. The van der Waals surface area contributed by atoms with Gasteiger partial charge in [0.05, 0.1) is 23.8 Å². The van der Waals surface area contributed by atoms with Gasteiger partial charge < -0.3 is 10.3 Å². The molecular formula is C23H23ClFN7. The van der Waals surface area contributed by atoms with E-state index in [0.29, 0.717) is 22.6 Å². The summed E-state index contributed by atoms with van der Waals surface area (Å²) in [5, 5.41) is 3.85. The molecular weight excluding hydrogens is 429 g/mol. The maximum atomic E-state index is 13.1. The van der Waals surface area contributed by atoms with E-state index in [1.807, 2.05) is 31.2 Å². The topological polar surface area (TPSA) is 82.6 Å². The first-order valence-electron chi connectivity index (χ1n) is 10.6. The second-order valence-corrected chi connectivity index (χ2v) is 8.57. The molecule has 5 rings (SSSR count). The summed E-state index contributed by atoms with van der Waals surface area (Å²) < 4.78 is 13.1. The van der Waals surface area contributed by atoms with Gasteiger partial charge in [-0.2, -0.15) is 0 Å². The molecule has 2 N–H and O–H groups in total. The molecule has 4 heterocycles. The number of rotatable bonds is 5. The van der Waals surface area contributed by atoms with E-state index in [-0.39, 0.29) is 5.82 Å². The Balaban J connectivity index is 1.23. The molecule has 0 saturated carbocycles. The van der Waals surface area contributed by atoms with Crippen molar-refractivity contribution in [1.82, 2.24) is 29.8 Å². The summed E-state index contributed by atoms with van der Waals surface area (Å²) in [5.41, 5.74) is 2.79. The number of hydrogen-bond donors (Lipinski definition) is 2. The number of anilines is 2. The fourth-order valence-electron chi connectivity index (χ4n) is 4.09. The number of nitrogens with one attached hydrogen (secondary N) is 2. The lowest BCUT2D eigenvalue weighted by atomic mass is 9.96. The van der Waals surface area contributed by atoms with Crippen LogP contribution < -0.4 is 5.32 Å². The van der Waals surface area contributed by atoms with Crippen molar-refractivity contribution in [2.24, 2.45) is 0 Å². The molecule has 0 spiro atoms. The molecule has 4 aromatic rings. The van der Waals surface area contributed by atoms with E-state index >= 15 is 0 Å². The van der Waals surface area contributed by atoms with Crippen LogP contribution in [0.3, 0.4) is 0 Å². The van der Waals surface area contributed by atoms with Gasteiger partial charge in [-0.1, -0.05) is 11.6 Å². The second kappa shape index (κ2) is 8.80. The molecule has 0 bridgehead atoms. The summed E-state index contributed by atoms with van der Waals surface area (Å²) in [5.74, 6) is 2.95. The van der Waals surface area contributed by atoms with Crippen LogP contribution in [0.4, 0.5) is 16.0 Å². The van der Waals surface area contributed by atoms with Gasteiger partial charge in [-0.05, 0) is 63.2 Å². The monoisotopic (exact) mass is 451 g/mol. The molecule has 9 heteroatoms. The molecule has 1 aliphatic heterocycles. The summed E-state index contributed by atoms with van der Waals surface area (Å²) in [6.07, 6.45) is 3.14. The highest BCUT2D eigenvalue weighted by molar-refractivity contribution is 6.31. The minimum absolute atomic E-state index is 0.294. The van der Waals surface area contributed by atoms with Crippen LogP contribution >= 0.6 is 11.6 Å². The van der Waals surface area contributed by atoms with Crippen LogP contribution in [0.1, 0.15) is 36.1 Å². The van der Waals surface area contributed by atoms with E-state index in [0.717, 1.165) is 60.9 Å². The molecule has 1 fully saturated rings. The first kappa shape index (κ1) is 20.8. The lowest BCUT2D eigenvalue weighted by Gasteiger charge is -2.30. The lowest BCUT2D eigenvalue weighted by Crippen LogP contribution is -2.33. The van der Waals surface area contributed by atoms with Gasteiger partial charge in [0.2, 0.25) is 0 Å². The van der Waals surface area contributed by atoms with E-state index in [4.69, 9.17) is 16.6 Å². The van der Waals surface area contributed by atoms with Crippen LogP contribution in [0.2, 0.25) is 5.02 Å². The van der Waals surface area contributed by atoms with E-state index in [1.165, 1.54) is 12.3 Å². The third-order valence-corrected chi connectivity index (χ3v) is 5.91. The number of H-pyrrole nitrogens is 1. The largest absolute Gasteiger partial charge is 0.341 e. The van der Waals surface area contributed by atoms with Crippen molar-refractivity contribution in [2.45, 2.75) is 32.2 Å². The Morgan fingerprint density at radius 3 is 2.72 bits per heavy atom. The molecule has 1 aliphatic rings. The highest BCUT2D eigenvalue weighted by atomic mass is 35.5. The first-order valence-corrected chi connectivity index (χ1v) is 11.0. The van der Waals surface area contributed by atoms with E-state index in [9.17, 15) is 4.39 Å². The number of imidazole rings is 1. The van der Waals surface area contributed by atoms with Crippen LogP contribution in [0.15, 0.2) is 42.6 Å². The number of fused-ring (bicyclic) bond motifs is 1. The highest BCUT2D eigenvalue weighted by Gasteiger charge is 2.24. The molecule has 32 heavy (non-hydrogen) atoms. The fraction of sp³-hybridized carbons (Fsp3) is 0.304. The Morgan fingerprint density at radius 2 is 1.94 bits per heavy atom. The number of nitrogens with zero attached hydrogens (tertiary/aromatic N) is 5. The number of aryl methyl sites for hydroxylation is 1. The molecule has 1 aromatic carbocycles. The second-order valence-electron chi connectivity index (χ2n) is 8.13. The third-order valence-electron chi connectivity index (χ3n) is 5.67. The summed E-state index contributed by atoms with van der Waals surface area (Å²) in [4.78, 5) is 23.9. The fourth-order valence-corrected chi connectivity index (χ4v) is 4.26. The highest BCUT2D eigenvalue weighted by Crippen LogP contribution is 2.28. The third kappa shape index (κ3) is 4.71. The molecule has 0 atom stereocenters. The van der Waals surface area contributed by atoms with Crippen LogP contribution in [-0.4, -0.2) is 42.9 Å². The first-order chi connectivity index (χ1) is 15.5. The molecule has 1 saturated heterocycles. The van der Waals surface area contributed by atoms with Crippen molar-refractivity contribution in [3.63, 3.8) is 0 Å². The summed E-state index contributed by atoms with van der Waals surface area (Å²) >= 11 is 6.07. The van der Waals surface area contributed by atoms with Gasteiger partial charge in [-0.15, -0.1) is 0 Å². The van der Waals surface area contributed by atoms with Crippen molar-refractivity contribution in [3.8, 4) is 0 Å². The molecule has 0 radical (unpaired) electrons. The Labute approximate surface area is 190 Å². The average molecular weight is 452 g/mol. The van der Waals surface area contributed by atoms with Gasteiger partial charge in [0.1, 0.15) is 29.1 Å².